The van der Waals surface area contributed by atoms with Crippen LogP contribution in [0.5, 0.6) is 0 Å². The molecule has 2 unspecified atom stereocenters. The SMILES string of the molecule is CCCCC(CC)C(N)CCC(C)(C)OC. The molecule has 2 heteroatoms. The van der Waals surface area contributed by atoms with E-state index in [0.29, 0.717) is 12.0 Å². The Morgan fingerprint density at radius 3 is 2.25 bits per heavy atom. The molecule has 2 N–H and O–H groups in total. The van der Waals surface area contributed by atoms with Gasteiger partial charge in [-0.15, -0.1) is 0 Å². The second kappa shape index (κ2) is 8.08. The molecule has 0 amide bonds. The second-order valence-electron chi connectivity index (χ2n) is 5.48. The Morgan fingerprint density at radius 2 is 1.81 bits per heavy atom. The van der Waals surface area contributed by atoms with Gasteiger partial charge >= 0.3 is 0 Å². The van der Waals surface area contributed by atoms with Crippen molar-refractivity contribution in [2.75, 3.05) is 7.11 Å². The summed E-state index contributed by atoms with van der Waals surface area (Å²) in [7, 11) is 1.78. The molecule has 0 saturated heterocycles. The van der Waals surface area contributed by atoms with Crippen molar-refractivity contribution in [3.8, 4) is 0 Å². The van der Waals surface area contributed by atoms with E-state index in [4.69, 9.17) is 10.5 Å². The first-order valence-electron chi connectivity index (χ1n) is 6.77. The van der Waals surface area contributed by atoms with Crippen LogP contribution in [0.4, 0.5) is 0 Å². The van der Waals surface area contributed by atoms with Gasteiger partial charge in [0.15, 0.2) is 0 Å². The molecule has 0 aliphatic carbocycles. The Bertz CT molecular complexity index is 168. The van der Waals surface area contributed by atoms with Crippen molar-refractivity contribution in [2.45, 2.75) is 77.9 Å². The zero-order valence-corrected chi connectivity index (χ0v) is 11.9. The minimum absolute atomic E-state index is 0.0271. The van der Waals surface area contributed by atoms with E-state index in [2.05, 4.69) is 27.7 Å². The molecule has 0 aliphatic rings. The normalized spacial score (nSPS) is 16.1. The van der Waals surface area contributed by atoms with Crippen LogP contribution in [0.2, 0.25) is 0 Å². The highest BCUT2D eigenvalue weighted by molar-refractivity contribution is 4.77. The van der Waals surface area contributed by atoms with E-state index >= 15 is 0 Å². The van der Waals surface area contributed by atoms with Crippen molar-refractivity contribution in [2.24, 2.45) is 11.7 Å². The van der Waals surface area contributed by atoms with Crippen LogP contribution in [0, 0.1) is 5.92 Å². The zero-order chi connectivity index (χ0) is 12.6. The van der Waals surface area contributed by atoms with Crippen LogP contribution in [0.15, 0.2) is 0 Å². The van der Waals surface area contributed by atoms with Gasteiger partial charge in [0.05, 0.1) is 5.60 Å². The highest BCUT2D eigenvalue weighted by Crippen LogP contribution is 2.23. The summed E-state index contributed by atoms with van der Waals surface area (Å²) >= 11 is 0. The second-order valence-corrected chi connectivity index (χ2v) is 5.48. The third-order valence-electron chi connectivity index (χ3n) is 3.69. The van der Waals surface area contributed by atoms with Gasteiger partial charge in [0.25, 0.3) is 0 Å². The van der Waals surface area contributed by atoms with E-state index in [1.807, 2.05) is 0 Å². The average Bonchev–Trinajstić information content (AvgIpc) is 2.27. The summed E-state index contributed by atoms with van der Waals surface area (Å²) in [5.41, 5.74) is 6.25. The van der Waals surface area contributed by atoms with Crippen LogP contribution in [0.1, 0.15) is 66.2 Å². The summed E-state index contributed by atoms with van der Waals surface area (Å²) in [5.74, 6) is 0.688. The van der Waals surface area contributed by atoms with Crippen molar-refractivity contribution in [3.05, 3.63) is 0 Å². The Labute approximate surface area is 102 Å². The number of hydrogen-bond donors (Lipinski definition) is 1. The summed E-state index contributed by atoms with van der Waals surface area (Å²) in [4.78, 5) is 0. The first-order chi connectivity index (χ1) is 7.46. The number of methoxy groups -OCH3 is 1. The van der Waals surface area contributed by atoms with Crippen LogP contribution >= 0.6 is 0 Å². The van der Waals surface area contributed by atoms with E-state index in [9.17, 15) is 0 Å². The van der Waals surface area contributed by atoms with E-state index < -0.39 is 0 Å². The number of hydrogen-bond acceptors (Lipinski definition) is 2. The number of rotatable bonds is 9. The molecule has 0 spiro atoms. The van der Waals surface area contributed by atoms with E-state index in [1.54, 1.807) is 7.11 Å². The van der Waals surface area contributed by atoms with E-state index in [-0.39, 0.29) is 5.60 Å². The largest absolute Gasteiger partial charge is 0.379 e. The first-order valence-corrected chi connectivity index (χ1v) is 6.77. The first kappa shape index (κ1) is 15.9. The fraction of sp³-hybridized carbons (Fsp3) is 1.00. The molecule has 0 aliphatic heterocycles. The Kier molecular flexibility index (Phi) is 8.04. The highest BCUT2D eigenvalue weighted by Gasteiger charge is 2.21. The molecule has 0 bridgehead atoms. The number of nitrogens with two attached hydrogens (primary N) is 1. The fourth-order valence-electron chi connectivity index (χ4n) is 2.04. The maximum atomic E-state index is 6.28. The number of unbranched alkanes of at least 4 members (excludes halogenated alkanes) is 1. The van der Waals surface area contributed by atoms with Crippen LogP contribution in [-0.4, -0.2) is 18.8 Å². The molecular formula is C14H31NO. The van der Waals surface area contributed by atoms with Crippen LogP contribution in [-0.2, 0) is 4.74 Å². The topological polar surface area (TPSA) is 35.2 Å². The minimum atomic E-state index is -0.0271. The van der Waals surface area contributed by atoms with Crippen molar-refractivity contribution < 1.29 is 4.74 Å². The van der Waals surface area contributed by atoms with Crippen molar-refractivity contribution in [1.29, 1.82) is 0 Å². The van der Waals surface area contributed by atoms with Crippen LogP contribution < -0.4 is 5.73 Å². The highest BCUT2D eigenvalue weighted by atomic mass is 16.5. The van der Waals surface area contributed by atoms with E-state index in [0.717, 1.165) is 12.8 Å². The molecule has 0 rings (SSSR count). The monoisotopic (exact) mass is 229 g/mol. The molecule has 0 radical (unpaired) electrons. The Morgan fingerprint density at radius 1 is 1.19 bits per heavy atom. The number of ether oxygens (including phenoxy) is 1. The van der Waals surface area contributed by atoms with Crippen molar-refractivity contribution in [3.63, 3.8) is 0 Å². The third kappa shape index (κ3) is 6.49. The van der Waals surface area contributed by atoms with Crippen LogP contribution in [0.25, 0.3) is 0 Å². The molecule has 0 aromatic carbocycles. The molecule has 0 saturated carbocycles. The maximum absolute atomic E-state index is 6.28. The zero-order valence-electron chi connectivity index (χ0n) is 11.9. The molecule has 98 valence electrons. The minimum Gasteiger partial charge on any atom is -0.379 e. The fourth-order valence-corrected chi connectivity index (χ4v) is 2.04. The van der Waals surface area contributed by atoms with Gasteiger partial charge in [-0.3, -0.25) is 0 Å². The van der Waals surface area contributed by atoms with Crippen molar-refractivity contribution in [1.82, 2.24) is 0 Å². The molecular weight excluding hydrogens is 198 g/mol. The van der Waals surface area contributed by atoms with Gasteiger partial charge in [0.1, 0.15) is 0 Å². The molecule has 0 aromatic rings. The predicted molar refractivity (Wildman–Crippen MR) is 71.6 cm³/mol. The molecule has 0 fully saturated rings. The lowest BCUT2D eigenvalue weighted by Crippen LogP contribution is -2.33. The summed E-state index contributed by atoms with van der Waals surface area (Å²) in [6.07, 6.45) is 7.18. The van der Waals surface area contributed by atoms with Gasteiger partial charge in [0, 0.05) is 13.2 Å². The molecule has 0 heterocycles. The maximum Gasteiger partial charge on any atom is 0.0623 e. The van der Waals surface area contributed by atoms with Crippen LogP contribution in [0.3, 0.4) is 0 Å². The van der Waals surface area contributed by atoms with Gasteiger partial charge in [-0.25, -0.2) is 0 Å². The molecule has 16 heavy (non-hydrogen) atoms. The average molecular weight is 229 g/mol. The van der Waals surface area contributed by atoms with Gasteiger partial charge in [0.2, 0.25) is 0 Å². The molecule has 2 nitrogen and oxygen atoms in total. The van der Waals surface area contributed by atoms with Gasteiger partial charge in [-0.05, 0) is 39.0 Å². The molecule has 0 aromatic heterocycles. The summed E-state index contributed by atoms with van der Waals surface area (Å²) in [5, 5.41) is 0. The quantitative estimate of drug-likeness (QED) is 0.654. The summed E-state index contributed by atoms with van der Waals surface area (Å²) in [6.45, 7) is 8.76. The van der Waals surface area contributed by atoms with Crippen molar-refractivity contribution >= 4 is 0 Å². The Balaban J connectivity index is 3.96. The predicted octanol–water partition coefficient (Wildman–Crippen LogP) is 3.74. The standard InChI is InChI=1S/C14H31NO/c1-6-8-9-12(7-2)13(15)10-11-14(3,4)16-5/h12-13H,6-11,15H2,1-5H3. The van der Waals surface area contributed by atoms with Gasteiger partial charge in [-0.2, -0.15) is 0 Å². The lowest BCUT2D eigenvalue weighted by atomic mass is 9.87. The molecule has 2 atom stereocenters. The van der Waals surface area contributed by atoms with Gasteiger partial charge < -0.3 is 10.5 Å². The smallest absolute Gasteiger partial charge is 0.0623 e. The lowest BCUT2D eigenvalue weighted by Gasteiger charge is -2.28. The third-order valence-corrected chi connectivity index (χ3v) is 3.69. The van der Waals surface area contributed by atoms with Gasteiger partial charge in [-0.1, -0.05) is 33.1 Å². The lowest BCUT2D eigenvalue weighted by molar-refractivity contribution is 0.0111. The van der Waals surface area contributed by atoms with E-state index in [1.165, 1.54) is 25.7 Å². The Hall–Kier alpha value is -0.0800. The summed E-state index contributed by atoms with van der Waals surface area (Å²) in [6, 6.07) is 0.339. The summed E-state index contributed by atoms with van der Waals surface area (Å²) < 4.78 is 5.43.